The Hall–Kier alpha value is -1.74. The van der Waals surface area contributed by atoms with E-state index in [1.165, 1.54) is 0 Å². The van der Waals surface area contributed by atoms with Crippen LogP contribution in [-0.4, -0.2) is 7.05 Å². The maximum absolute atomic E-state index is 9.12. The molecule has 0 radical (unpaired) electrons. The Bertz CT molecular complexity index is 617. The quantitative estimate of drug-likeness (QED) is 0.667. The number of rotatable bonds is 2. The molecule has 0 bridgehead atoms. The number of benzene rings is 2. The molecule has 3 nitrogen and oxygen atoms in total. The van der Waals surface area contributed by atoms with E-state index in [-0.39, 0.29) is 0 Å². The average Bonchev–Trinajstić information content (AvgIpc) is 2.38. The molecule has 0 saturated carbocycles. The Kier molecular flexibility index (Phi) is 3.72. The third-order valence-corrected chi connectivity index (χ3v) is 3.41. The highest BCUT2D eigenvalue weighted by molar-refractivity contribution is 14.1. The maximum Gasteiger partial charge on any atom is 0.101 e. The number of anilines is 3. The molecule has 0 amide bonds. The molecule has 2 aromatic rings. The first-order valence-corrected chi connectivity index (χ1v) is 6.49. The Morgan fingerprint density at radius 3 is 2.56 bits per heavy atom. The summed E-state index contributed by atoms with van der Waals surface area (Å²) in [5.74, 6) is 0. The van der Waals surface area contributed by atoms with Gasteiger partial charge in [0.05, 0.1) is 22.6 Å². The highest BCUT2D eigenvalue weighted by Crippen LogP contribution is 2.31. The number of hydrogen-bond acceptors (Lipinski definition) is 3. The van der Waals surface area contributed by atoms with Crippen LogP contribution in [-0.2, 0) is 0 Å². The summed E-state index contributed by atoms with van der Waals surface area (Å²) in [5, 5.41) is 9.12. The molecule has 0 spiro atoms. The fourth-order valence-electron chi connectivity index (χ4n) is 1.82. The molecular formula is C14H12IN3. The van der Waals surface area contributed by atoms with Crippen LogP contribution in [0, 0.1) is 14.9 Å². The first-order valence-electron chi connectivity index (χ1n) is 5.41. The van der Waals surface area contributed by atoms with Gasteiger partial charge in [-0.15, -0.1) is 0 Å². The largest absolute Gasteiger partial charge is 0.397 e. The summed E-state index contributed by atoms with van der Waals surface area (Å²) in [6.45, 7) is 0. The van der Waals surface area contributed by atoms with Crippen molar-refractivity contribution in [3.8, 4) is 6.07 Å². The molecule has 0 aliphatic carbocycles. The van der Waals surface area contributed by atoms with Crippen molar-refractivity contribution in [2.45, 2.75) is 0 Å². The lowest BCUT2D eigenvalue weighted by Gasteiger charge is -2.22. The van der Waals surface area contributed by atoms with E-state index in [0.29, 0.717) is 11.3 Å². The molecule has 0 heterocycles. The van der Waals surface area contributed by atoms with Crippen molar-refractivity contribution < 1.29 is 0 Å². The highest BCUT2D eigenvalue weighted by Gasteiger charge is 2.11. The van der Waals surface area contributed by atoms with Crippen molar-refractivity contribution in [1.29, 1.82) is 5.26 Å². The van der Waals surface area contributed by atoms with Crippen LogP contribution in [0.5, 0.6) is 0 Å². The van der Waals surface area contributed by atoms with E-state index in [1.54, 1.807) is 6.07 Å². The number of halogens is 1. The fraction of sp³-hybridized carbons (Fsp3) is 0.0714. The Morgan fingerprint density at radius 1 is 1.17 bits per heavy atom. The van der Waals surface area contributed by atoms with Crippen LogP contribution in [0.2, 0.25) is 0 Å². The van der Waals surface area contributed by atoms with E-state index in [2.05, 4.69) is 28.7 Å². The number of nitrogen functional groups attached to an aromatic ring is 1. The van der Waals surface area contributed by atoms with E-state index in [0.717, 1.165) is 14.9 Å². The molecule has 90 valence electrons. The second kappa shape index (κ2) is 5.27. The van der Waals surface area contributed by atoms with Gasteiger partial charge in [-0.05, 0) is 52.9 Å². The van der Waals surface area contributed by atoms with Gasteiger partial charge in [0.15, 0.2) is 0 Å². The topological polar surface area (TPSA) is 53.0 Å². The Balaban J connectivity index is 2.48. The molecule has 0 aliphatic rings. The Morgan fingerprint density at radius 2 is 1.89 bits per heavy atom. The Labute approximate surface area is 120 Å². The minimum absolute atomic E-state index is 0.637. The number of hydrogen-bond donors (Lipinski definition) is 1. The van der Waals surface area contributed by atoms with Gasteiger partial charge < -0.3 is 10.6 Å². The molecule has 2 rings (SSSR count). The molecule has 4 heteroatoms. The lowest BCUT2D eigenvalue weighted by atomic mass is 10.1. The molecular weight excluding hydrogens is 337 g/mol. The van der Waals surface area contributed by atoms with Crippen LogP contribution in [0.25, 0.3) is 0 Å². The van der Waals surface area contributed by atoms with E-state index in [1.807, 2.05) is 48.3 Å². The van der Waals surface area contributed by atoms with Crippen molar-refractivity contribution in [2.24, 2.45) is 0 Å². The third-order valence-electron chi connectivity index (χ3n) is 2.74. The lowest BCUT2D eigenvalue weighted by Crippen LogP contribution is -2.13. The van der Waals surface area contributed by atoms with Crippen molar-refractivity contribution in [3.05, 3.63) is 51.6 Å². The van der Waals surface area contributed by atoms with E-state index in [4.69, 9.17) is 11.0 Å². The molecule has 18 heavy (non-hydrogen) atoms. The predicted octanol–water partition coefficient (Wildman–Crippen LogP) is 3.51. The minimum Gasteiger partial charge on any atom is -0.397 e. The van der Waals surface area contributed by atoms with Crippen molar-refractivity contribution in [2.75, 3.05) is 17.7 Å². The second-order valence-corrected chi connectivity index (χ2v) is 5.14. The monoisotopic (exact) mass is 349 g/mol. The van der Waals surface area contributed by atoms with Crippen molar-refractivity contribution in [1.82, 2.24) is 0 Å². The number of nitrogens with two attached hydrogens (primary N) is 1. The molecule has 0 atom stereocenters. The van der Waals surface area contributed by atoms with Crippen molar-refractivity contribution in [3.63, 3.8) is 0 Å². The molecule has 0 fully saturated rings. The lowest BCUT2D eigenvalue weighted by molar-refractivity contribution is 1.20. The van der Waals surface area contributed by atoms with Gasteiger partial charge in [-0.25, -0.2) is 0 Å². The average molecular weight is 349 g/mol. The first kappa shape index (κ1) is 12.7. The molecule has 2 aromatic carbocycles. The number of nitrogens with zero attached hydrogens (tertiary/aromatic N) is 2. The van der Waals surface area contributed by atoms with E-state index in [9.17, 15) is 0 Å². The maximum atomic E-state index is 9.12. The zero-order valence-corrected chi connectivity index (χ0v) is 12.0. The molecule has 0 aromatic heterocycles. The van der Waals surface area contributed by atoms with Gasteiger partial charge >= 0.3 is 0 Å². The van der Waals surface area contributed by atoms with Crippen LogP contribution in [0.4, 0.5) is 17.1 Å². The van der Waals surface area contributed by atoms with Gasteiger partial charge in [0, 0.05) is 10.6 Å². The number of nitriles is 1. The minimum atomic E-state index is 0.637. The zero-order valence-electron chi connectivity index (χ0n) is 9.89. The summed E-state index contributed by atoms with van der Waals surface area (Å²) in [6, 6.07) is 15.6. The third kappa shape index (κ3) is 2.41. The smallest absolute Gasteiger partial charge is 0.101 e. The summed E-state index contributed by atoms with van der Waals surface area (Å²) in [5.41, 5.74) is 9.12. The van der Waals surface area contributed by atoms with Crippen LogP contribution in [0.1, 0.15) is 5.56 Å². The first-order chi connectivity index (χ1) is 8.63. The van der Waals surface area contributed by atoms with E-state index >= 15 is 0 Å². The van der Waals surface area contributed by atoms with Crippen LogP contribution < -0.4 is 10.6 Å². The van der Waals surface area contributed by atoms with Gasteiger partial charge in [-0.1, -0.05) is 12.1 Å². The predicted molar refractivity (Wildman–Crippen MR) is 82.8 cm³/mol. The van der Waals surface area contributed by atoms with Crippen LogP contribution in [0.3, 0.4) is 0 Å². The summed E-state index contributed by atoms with van der Waals surface area (Å²) < 4.78 is 1.09. The van der Waals surface area contributed by atoms with Gasteiger partial charge in [-0.3, -0.25) is 0 Å². The summed E-state index contributed by atoms with van der Waals surface area (Å²) >= 11 is 2.22. The highest BCUT2D eigenvalue weighted by atomic mass is 127. The SMILES string of the molecule is CN(c1ccc(I)cc1N)c1ccccc1C#N. The normalized spacial score (nSPS) is 9.83. The molecule has 0 saturated heterocycles. The summed E-state index contributed by atoms with van der Waals surface area (Å²) in [4.78, 5) is 1.93. The zero-order chi connectivity index (χ0) is 13.1. The second-order valence-electron chi connectivity index (χ2n) is 3.89. The van der Waals surface area contributed by atoms with E-state index < -0.39 is 0 Å². The molecule has 0 aliphatic heterocycles. The standard InChI is InChI=1S/C14H12IN3/c1-18(13-5-3-2-4-10(13)9-16)14-7-6-11(15)8-12(14)17/h2-8H,17H2,1H3. The van der Waals surface area contributed by atoms with Gasteiger partial charge in [-0.2, -0.15) is 5.26 Å². The van der Waals surface area contributed by atoms with Gasteiger partial charge in [0.2, 0.25) is 0 Å². The summed E-state index contributed by atoms with van der Waals surface area (Å²) in [6.07, 6.45) is 0. The van der Waals surface area contributed by atoms with Gasteiger partial charge in [0.25, 0.3) is 0 Å². The van der Waals surface area contributed by atoms with Crippen LogP contribution >= 0.6 is 22.6 Å². The fourth-order valence-corrected chi connectivity index (χ4v) is 2.34. The summed E-state index contributed by atoms with van der Waals surface area (Å²) in [7, 11) is 1.91. The number of para-hydroxylation sites is 1. The van der Waals surface area contributed by atoms with Gasteiger partial charge in [0.1, 0.15) is 6.07 Å². The van der Waals surface area contributed by atoms with Crippen LogP contribution in [0.15, 0.2) is 42.5 Å². The molecule has 2 N–H and O–H groups in total. The van der Waals surface area contributed by atoms with Crippen molar-refractivity contribution >= 4 is 39.7 Å². The molecule has 0 unspecified atom stereocenters.